The summed E-state index contributed by atoms with van der Waals surface area (Å²) in [6.45, 7) is 2.55. The average Bonchev–Trinajstić information content (AvgIpc) is 3.10. The second kappa shape index (κ2) is 11.8. The minimum absolute atomic E-state index is 0.00177. The molecule has 1 amide bonds. The van der Waals surface area contributed by atoms with Crippen molar-refractivity contribution in [3.05, 3.63) is 70.3 Å². The molecule has 1 spiro atoms. The van der Waals surface area contributed by atoms with E-state index in [1.54, 1.807) is 19.1 Å². The highest BCUT2D eigenvalue weighted by Gasteiger charge is 2.61. The Kier molecular flexibility index (Phi) is 8.44. The van der Waals surface area contributed by atoms with Crippen molar-refractivity contribution in [1.82, 2.24) is 4.72 Å². The summed E-state index contributed by atoms with van der Waals surface area (Å²) in [6.07, 6.45) is 0.469. The van der Waals surface area contributed by atoms with E-state index in [4.69, 9.17) is 16.3 Å². The minimum atomic E-state index is -4.92. The lowest BCUT2D eigenvalue weighted by atomic mass is 9.63. The zero-order chi connectivity index (χ0) is 32.2. The van der Waals surface area contributed by atoms with Crippen LogP contribution in [0.15, 0.2) is 48.6 Å². The number of amides is 1. The normalized spacial score (nSPS) is 32.3. The van der Waals surface area contributed by atoms with E-state index in [0.717, 1.165) is 36.5 Å². The number of sulfonamides is 1. The molecular weight excluding hydrogens is 629 g/mol. The average molecular weight is 667 g/mol. The third-order valence-corrected chi connectivity index (χ3v) is 12.5. The number of alkyl halides is 3. The van der Waals surface area contributed by atoms with Crippen molar-refractivity contribution in [2.45, 2.75) is 80.7 Å². The van der Waals surface area contributed by atoms with Crippen molar-refractivity contribution in [3.63, 3.8) is 0 Å². The maximum Gasteiger partial charge on any atom is 0.421 e. The summed E-state index contributed by atoms with van der Waals surface area (Å²) in [5.41, 5.74) is -0.761. The van der Waals surface area contributed by atoms with Crippen LogP contribution in [0.5, 0.6) is 5.75 Å². The molecule has 4 aliphatic rings. The number of allylic oxidation sites excluding steroid dienone is 1. The van der Waals surface area contributed by atoms with Gasteiger partial charge in [0.25, 0.3) is 5.91 Å². The summed E-state index contributed by atoms with van der Waals surface area (Å²) in [5, 5.41) is 10.9. The Morgan fingerprint density at radius 3 is 2.67 bits per heavy atom. The molecule has 45 heavy (non-hydrogen) atoms. The van der Waals surface area contributed by atoms with Crippen LogP contribution in [-0.4, -0.2) is 56.2 Å². The van der Waals surface area contributed by atoms with E-state index in [-0.39, 0.29) is 37.8 Å². The van der Waals surface area contributed by atoms with E-state index in [1.807, 2.05) is 23.1 Å². The van der Waals surface area contributed by atoms with Gasteiger partial charge in [-0.25, -0.2) is 13.1 Å². The molecule has 2 heterocycles. The number of rotatable bonds is 1. The lowest BCUT2D eigenvalue weighted by Crippen LogP contribution is -2.58. The number of halogens is 4. The number of ether oxygens (including phenoxy) is 1. The summed E-state index contributed by atoms with van der Waals surface area (Å²) in [7, 11) is -4.14. The molecule has 0 aromatic heterocycles. The van der Waals surface area contributed by atoms with E-state index in [9.17, 15) is 31.5 Å². The van der Waals surface area contributed by atoms with E-state index in [1.165, 1.54) is 12.1 Å². The zero-order valence-corrected chi connectivity index (χ0v) is 26.6. The van der Waals surface area contributed by atoms with Gasteiger partial charge in [0.1, 0.15) is 5.75 Å². The Balaban J connectivity index is 1.46. The number of fused-ring (bicyclic) bond motifs is 4. The first-order valence-corrected chi connectivity index (χ1v) is 17.5. The highest BCUT2D eigenvalue weighted by Crippen LogP contribution is 2.52. The molecule has 2 N–H and O–H groups in total. The molecule has 7 nitrogen and oxygen atoms in total. The van der Waals surface area contributed by atoms with Crippen molar-refractivity contribution >= 4 is 33.2 Å². The Bertz CT molecular complexity index is 1620. The zero-order valence-electron chi connectivity index (χ0n) is 25.1. The van der Waals surface area contributed by atoms with Gasteiger partial charge in [-0.3, -0.25) is 4.79 Å². The van der Waals surface area contributed by atoms with E-state index in [2.05, 4.69) is 4.72 Å². The number of anilines is 1. The molecule has 1 saturated carbocycles. The molecule has 5 atom stereocenters. The van der Waals surface area contributed by atoms with Crippen LogP contribution in [-0.2, 0) is 21.9 Å². The molecule has 6 rings (SSSR count). The molecule has 0 unspecified atom stereocenters. The molecule has 12 heteroatoms. The van der Waals surface area contributed by atoms with Crippen LogP contribution in [0.3, 0.4) is 0 Å². The number of aliphatic hydroxyl groups is 1. The van der Waals surface area contributed by atoms with Crippen LogP contribution in [0.25, 0.3) is 0 Å². The minimum Gasteiger partial charge on any atom is -0.490 e. The number of nitrogens with zero attached hydrogens (tertiary/aromatic N) is 1. The van der Waals surface area contributed by atoms with E-state index < -0.39 is 50.2 Å². The number of nitrogens with one attached hydrogen (secondary N) is 1. The molecule has 0 radical (unpaired) electrons. The number of carbonyl (C=O) groups is 1. The lowest BCUT2D eigenvalue weighted by Gasteiger charge is -2.49. The monoisotopic (exact) mass is 666 g/mol. The summed E-state index contributed by atoms with van der Waals surface area (Å²) in [5.74, 6) is -1.89. The summed E-state index contributed by atoms with van der Waals surface area (Å²) in [4.78, 5) is 15.3. The standard InChI is InChI=1S/C33H38ClF3N2O5S/c1-2-25-7-3-4-15-32(41,33(35,36)37)27-11-8-23(27)18-39-19-31(14-5-6-21-16-24(34)10-12-26(21)31)20-44-29-13-9-22(17-28(29)39)30(40)38-45(25,42)43/h4,9-10,12-13,15-17,23,25,27,41H,2-3,5-8,11,14,18-20H2,1H3,(H,38,40)/b15-4+/t23-,25+,27+,31-,32+/m0/s1. The van der Waals surface area contributed by atoms with Gasteiger partial charge in [0, 0.05) is 35.0 Å². The third kappa shape index (κ3) is 5.84. The Morgan fingerprint density at radius 1 is 1.16 bits per heavy atom. The highest BCUT2D eigenvalue weighted by molar-refractivity contribution is 7.90. The summed E-state index contributed by atoms with van der Waals surface area (Å²) >= 11 is 6.34. The Hall–Kier alpha value is -2.76. The van der Waals surface area contributed by atoms with Crippen molar-refractivity contribution in [1.29, 1.82) is 0 Å². The Morgan fingerprint density at radius 2 is 1.96 bits per heavy atom. The molecule has 2 aromatic rings. The predicted molar refractivity (Wildman–Crippen MR) is 166 cm³/mol. The number of hydrogen-bond acceptors (Lipinski definition) is 6. The first-order chi connectivity index (χ1) is 21.3. The molecule has 2 bridgehead atoms. The summed E-state index contributed by atoms with van der Waals surface area (Å²) < 4.78 is 78.7. The first kappa shape index (κ1) is 32.2. The van der Waals surface area contributed by atoms with Crippen molar-refractivity contribution in [3.8, 4) is 5.75 Å². The van der Waals surface area contributed by atoms with Crippen LogP contribution in [0.2, 0.25) is 5.02 Å². The van der Waals surface area contributed by atoms with Gasteiger partial charge in [-0.15, -0.1) is 0 Å². The molecule has 244 valence electrons. The number of aryl methyl sites for hydroxylation is 1. The highest BCUT2D eigenvalue weighted by atomic mass is 35.5. The van der Waals surface area contributed by atoms with Gasteiger partial charge in [-0.1, -0.05) is 30.7 Å². The van der Waals surface area contributed by atoms with Gasteiger partial charge >= 0.3 is 6.18 Å². The predicted octanol–water partition coefficient (Wildman–Crippen LogP) is 6.32. The number of hydrogen-bond donors (Lipinski definition) is 2. The number of carbonyl (C=O) groups excluding carboxylic acids is 1. The molecule has 2 aliphatic heterocycles. The van der Waals surface area contributed by atoms with E-state index >= 15 is 0 Å². The fourth-order valence-corrected chi connectivity index (χ4v) is 9.35. The van der Waals surface area contributed by atoms with Crippen LogP contribution >= 0.6 is 11.6 Å². The maximum atomic E-state index is 14.6. The fraction of sp³-hybridized carbons (Fsp3) is 0.545. The van der Waals surface area contributed by atoms with Crippen LogP contribution in [0.1, 0.15) is 73.4 Å². The molecule has 2 aromatic carbocycles. The van der Waals surface area contributed by atoms with Crippen LogP contribution in [0, 0.1) is 11.8 Å². The molecule has 0 saturated heterocycles. The van der Waals surface area contributed by atoms with Gasteiger partial charge < -0.3 is 14.7 Å². The lowest BCUT2D eigenvalue weighted by molar-refractivity contribution is -0.273. The fourth-order valence-electron chi connectivity index (χ4n) is 7.73. The largest absolute Gasteiger partial charge is 0.490 e. The topological polar surface area (TPSA) is 95.9 Å². The Labute approximate surface area is 266 Å². The molecular formula is C33H38ClF3N2O5S. The van der Waals surface area contributed by atoms with Crippen LogP contribution in [0.4, 0.5) is 18.9 Å². The SMILES string of the molecule is CC[C@@H]1CC/C=C/[C@](O)(C(F)(F)F)[C@@H]2CC[C@H]2CN2C[C@@]3(CCCc4cc(Cl)ccc43)COc3ccc(cc32)C(=O)NS1(=O)=O. The van der Waals surface area contributed by atoms with Gasteiger partial charge in [0.2, 0.25) is 10.0 Å². The second-order valence-electron chi connectivity index (χ2n) is 13.0. The van der Waals surface area contributed by atoms with Gasteiger partial charge in [0.15, 0.2) is 5.60 Å². The third-order valence-electron chi connectivity index (χ3n) is 10.3. The smallest absolute Gasteiger partial charge is 0.421 e. The van der Waals surface area contributed by atoms with Crippen molar-refractivity contribution in [2.24, 2.45) is 11.8 Å². The first-order valence-electron chi connectivity index (χ1n) is 15.6. The quantitative estimate of drug-likeness (QED) is 0.346. The van der Waals surface area contributed by atoms with Gasteiger partial charge in [0.05, 0.1) is 17.5 Å². The van der Waals surface area contributed by atoms with Crippen molar-refractivity contribution in [2.75, 3.05) is 24.6 Å². The van der Waals surface area contributed by atoms with Gasteiger partial charge in [-0.2, -0.15) is 13.2 Å². The van der Waals surface area contributed by atoms with Gasteiger partial charge in [-0.05, 0) is 105 Å². The molecule has 1 fully saturated rings. The maximum absolute atomic E-state index is 14.6. The summed E-state index contributed by atoms with van der Waals surface area (Å²) in [6, 6.07) is 10.5. The molecule has 2 aliphatic carbocycles. The van der Waals surface area contributed by atoms with Crippen molar-refractivity contribution < 1.29 is 36.2 Å². The number of benzene rings is 2. The second-order valence-corrected chi connectivity index (χ2v) is 15.4. The van der Waals surface area contributed by atoms with Crippen LogP contribution < -0.4 is 14.4 Å². The van der Waals surface area contributed by atoms with E-state index in [0.29, 0.717) is 36.0 Å².